The van der Waals surface area contributed by atoms with Crippen molar-refractivity contribution in [2.24, 2.45) is 0 Å². The first-order valence-electron chi connectivity index (χ1n) is 10.8. The monoisotopic (exact) mass is 469 g/mol. The van der Waals surface area contributed by atoms with Gasteiger partial charge in [-0.25, -0.2) is 9.18 Å². The van der Waals surface area contributed by atoms with Crippen molar-refractivity contribution >= 4 is 17.7 Å². The number of alkyl carbamates (subject to hydrolysis) is 1. The Morgan fingerprint density at radius 3 is 2.33 bits per heavy atom. The molecule has 172 valence electrons. The van der Waals surface area contributed by atoms with Crippen LogP contribution in [0.1, 0.15) is 40.7 Å². The van der Waals surface area contributed by atoms with Gasteiger partial charge in [0, 0.05) is 23.0 Å². The van der Waals surface area contributed by atoms with E-state index in [2.05, 4.69) is 17.4 Å². The lowest BCUT2D eigenvalue weighted by molar-refractivity contribution is 0.0116. The van der Waals surface area contributed by atoms with E-state index in [-0.39, 0.29) is 31.1 Å². The zero-order chi connectivity index (χ0) is 23.5. The van der Waals surface area contributed by atoms with E-state index in [1.54, 1.807) is 6.92 Å². The number of nitrogens with one attached hydrogen (secondary N) is 1. The van der Waals surface area contributed by atoms with Gasteiger partial charge in [-0.05, 0) is 53.3 Å². The molecule has 1 amide bonds. The summed E-state index contributed by atoms with van der Waals surface area (Å²) in [6.45, 7) is 1.88. The number of hydrogen-bond acceptors (Lipinski definition) is 4. The van der Waals surface area contributed by atoms with Gasteiger partial charge in [-0.3, -0.25) is 0 Å². The highest BCUT2D eigenvalue weighted by atomic mass is 35.5. The van der Waals surface area contributed by atoms with Crippen LogP contribution in [0.4, 0.5) is 9.18 Å². The summed E-state index contributed by atoms with van der Waals surface area (Å²) < 4.78 is 19.6. The second kappa shape index (κ2) is 9.91. The van der Waals surface area contributed by atoms with E-state index >= 15 is 0 Å². The zero-order valence-corrected chi connectivity index (χ0v) is 18.8. The van der Waals surface area contributed by atoms with Crippen LogP contribution in [-0.4, -0.2) is 35.6 Å². The Morgan fingerprint density at radius 2 is 1.70 bits per heavy atom. The third-order valence-electron chi connectivity index (χ3n) is 6.01. The van der Waals surface area contributed by atoms with E-state index in [0.717, 1.165) is 22.3 Å². The molecule has 4 rings (SSSR count). The van der Waals surface area contributed by atoms with Gasteiger partial charge in [-0.1, -0.05) is 60.1 Å². The van der Waals surface area contributed by atoms with Gasteiger partial charge in [0.1, 0.15) is 18.5 Å². The van der Waals surface area contributed by atoms with E-state index in [1.165, 1.54) is 12.1 Å². The molecule has 0 aromatic heterocycles. The van der Waals surface area contributed by atoms with Gasteiger partial charge in [-0.15, -0.1) is 0 Å². The van der Waals surface area contributed by atoms with Crippen molar-refractivity contribution < 1.29 is 24.1 Å². The van der Waals surface area contributed by atoms with E-state index in [9.17, 15) is 19.4 Å². The topological polar surface area (TPSA) is 78.8 Å². The summed E-state index contributed by atoms with van der Waals surface area (Å²) in [6, 6.07) is 18.6. The highest BCUT2D eigenvalue weighted by molar-refractivity contribution is 6.31. The molecule has 1 aliphatic carbocycles. The molecular weight excluding hydrogens is 445 g/mol. The summed E-state index contributed by atoms with van der Waals surface area (Å²) in [5, 5.41) is 23.4. The standard InChI is InChI=1S/C26H25ClFNO4/c1-15-12-23(28)20(13-22(15)27)25(31)24(30)10-11-29-26(32)33-14-21-18-8-4-2-6-16(18)17-7-3-5-9-19(17)21/h2-9,12-13,21,24-25,30-31H,10-11,14H2,1H3,(H,29,32). The van der Waals surface area contributed by atoms with Crippen LogP contribution in [0, 0.1) is 12.7 Å². The van der Waals surface area contributed by atoms with E-state index in [4.69, 9.17) is 16.3 Å². The SMILES string of the molecule is Cc1cc(F)c(C(O)C(O)CCNC(=O)OCC2c3ccccc3-c3ccccc32)cc1Cl. The fourth-order valence-corrected chi connectivity index (χ4v) is 4.40. The minimum Gasteiger partial charge on any atom is -0.449 e. The number of aliphatic hydroxyl groups excluding tert-OH is 2. The zero-order valence-electron chi connectivity index (χ0n) is 18.1. The summed E-state index contributed by atoms with van der Waals surface area (Å²) in [5.74, 6) is -0.697. The first-order valence-corrected chi connectivity index (χ1v) is 11.1. The first kappa shape index (κ1) is 23.2. The first-order chi connectivity index (χ1) is 15.9. The molecule has 3 N–H and O–H groups in total. The van der Waals surface area contributed by atoms with Gasteiger partial charge >= 0.3 is 6.09 Å². The fraction of sp³-hybridized carbons (Fsp3) is 0.269. The van der Waals surface area contributed by atoms with Crippen LogP contribution in [0.3, 0.4) is 0 Å². The number of rotatable bonds is 7. The van der Waals surface area contributed by atoms with Crippen molar-refractivity contribution in [2.75, 3.05) is 13.2 Å². The van der Waals surface area contributed by atoms with Crippen molar-refractivity contribution in [1.29, 1.82) is 0 Å². The number of aryl methyl sites for hydroxylation is 1. The second-order valence-electron chi connectivity index (χ2n) is 8.18. The molecule has 33 heavy (non-hydrogen) atoms. The lowest BCUT2D eigenvalue weighted by Gasteiger charge is -2.20. The molecule has 1 aliphatic rings. The summed E-state index contributed by atoms with van der Waals surface area (Å²) >= 11 is 6.00. The van der Waals surface area contributed by atoms with Gasteiger partial charge in [-0.2, -0.15) is 0 Å². The predicted octanol–water partition coefficient (Wildman–Crippen LogP) is 5.11. The van der Waals surface area contributed by atoms with Gasteiger partial charge in [0.05, 0.1) is 6.10 Å². The van der Waals surface area contributed by atoms with Gasteiger partial charge < -0.3 is 20.3 Å². The van der Waals surface area contributed by atoms with Gasteiger partial charge in [0.2, 0.25) is 0 Å². The van der Waals surface area contributed by atoms with Crippen molar-refractivity contribution in [3.8, 4) is 11.1 Å². The number of hydrogen-bond donors (Lipinski definition) is 3. The number of carbonyl (C=O) groups is 1. The van der Waals surface area contributed by atoms with Crippen LogP contribution in [0.25, 0.3) is 11.1 Å². The Hall–Kier alpha value is -2.93. The lowest BCUT2D eigenvalue weighted by atomic mass is 9.98. The van der Waals surface area contributed by atoms with E-state index < -0.39 is 24.1 Å². The largest absolute Gasteiger partial charge is 0.449 e. The molecule has 3 aromatic carbocycles. The maximum absolute atomic E-state index is 14.1. The fourth-order valence-electron chi connectivity index (χ4n) is 4.23. The number of halogens is 2. The Labute approximate surface area is 196 Å². The summed E-state index contributed by atoms with van der Waals surface area (Å²) in [5.41, 5.74) is 4.97. The van der Waals surface area contributed by atoms with Crippen LogP contribution in [0.5, 0.6) is 0 Å². The van der Waals surface area contributed by atoms with Crippen molar-refractivity contribution in [1.82, 2.24) is 5.32 Å². The van der Waals surface area contributed by atoms with Crippen LogP contribution in [0.2, 0.25) is 5.02 Å². The summed E-state index contributed by atoms with van der Waals surface area (Å²) in [7, 11) is 0. The molecule has 0 bridgehead atoms. The highest BCUT2D eigenvalue weighted by Crippen LogP contribution is 2.44. The third-order valence-corrected chi connectivity index (χ3v) is 6.42. The molecule has 0 saturated carbocycles. The number of benzene rings is 3. The van der Waals surface area contributed by atoms with Gasteiger partial charge in [0.25, 0.3) is 0 Å². The number of amides is 1. The minimum atomic E-state index is -1.47. The Balaban J connectivity index is 1.30. The minimum absolute atomic E-state index is 0.0102. The number of carbonyl (C=O) groups excluding carboxylic acids is 1. The molecule has 0 aliphatic heterocycles. The Kier molecular flexibility index (Phi) is 6.98. The normalized spacial score (nSPS) is 14.3. The number of aliphatic hydroxyl groups is 2. The molecule has 2 atom stereocenters. The van der Waals surface area contributed by atoms with Crippen LogP contribution in [0.15, 0.2) is 60.7 Å². The lowest BCUT2D eigenvalue weighted by Crippen LogP contribution is -2.31. The molecule has 0 radical (unpaired) electrons. The average Bonchev–Trinajstić information content (AvgIpc) is 3.13. The maximum Gasteiger partial charge on any atom is 0.407 e. The highest BCUT2D eigenvalue weighted by Gasteiger charge is 2.29. The molecule has 2 unspecified atom stereocenters. The maximum atomic E-state index is 14.1. The van der Waals surface area contributed by atoms with Gasteiger partial charge in [0.15, 0.2) is 0 Å². The molecule has 0 saturated heterocycles. The summed E-state index contributed by atoms with van der Waals surface area (Å²) in [6.07, 6.45) is -3.36. The van der Waals surface area contributed by atoms with Crippen LogP contribution in [-0.2, 0) is 4.74 Å². The van der Waals surface area contributed by atoms with Crippen LogP contribution < -0.4 is 5.32 Å². The van der Waals surface area contributed by atoms with Crippen LogP contribution >= 0.6 is 11.6 Å². The predicted molar refractivity (Wildman–Crippen MR) is 125 cm³/mol. The number of fused-ring (bicyclic) bond motifs is 3. The van der Waals surface area contributed by atoms with E-state index in [1.807, 2.05) is 36.4 Å². The molecule has 0 heterocycles. The van der Waals surface area contributed by atoms with Crippen molar-refractivity contribution in [2.45, 2.75) is 31.5 Å². The van der Waals surface area contributed by atoms with Crippen molar-refractivity contribution in [3.05, 3.63) is 93.8 Å². The number of ether oxygens (including phenoxy) is 1. The molecule has 5 nitrogen and oxygen atoms in total. The summed E-state index contributed by atoms with van der Waals surface area (Å²) in [4.78, 5) is 12.2. The van der Waals surface area contributed by atoms with E-state index in [0.29, 0.717) is 10.6 Å². The smallest absolute Gasteiger partial charge is 0.407 e. The quantitative estimate of drug-likeness (QED) is 0.449. The molecular formula is C26H25ClFNO4. The molecule has 7 heteroatoms. The molecule has 0 fully saturated rings. The third kappa shape index (κ3) is 4.88. The average molecular weight is 470 g/mol. The Bertz CT molecular complexity index is 1120. The Morgan fingerprint density at radius 1 is 1.09 bits per heavy atom. The molecule has 0 spiro atoms. The molecule has 3 aromatic rings. The van der Waals surface area contributed by atoms with Crippen molar-refractivity contribution in [3.63, 3.8) is 0 Å². The second-order valence-corrected chi connectivity index (χ2v) is 8.58.